The van der Waals surface area contributed by atoms with E-state index in [0.29, 0.717) is 15.3 Å². The fourth-order valence-electron chi connectivity index (χ4n) is 2.65. The molecule has 2 N–H and O–H groups in total. The lowest BCUT2D eigenvalue weighted by atomic mass is 9.75. The van der Waals surface area contributed by atoms with E-state index in [-0.39, 0.29) is 19.3 Å². The molecular formula is C14H13F3N2O2S. The highest BCUT2D eigenvalue weighted by atomic mass is 32.1. The molecule has 1 unspecified atom stereocenters. The maximum Gasteiger partial charge on any atom is 0.305 e. The number of nitrogens with zero attached hydrogens (tertiary/aromatic N) is 1. The van der Waals surface area contributed by atoms with Crippen LogP contribution < -0.4 is 5.32 Å². The van der Waals surface area contributed by atoms with Crippen molar-refractivity contribution in [2.75, 3.05) is 5.32 Å². The van der Waals surface area contributed by atoms with Gasteiger partial charge in [-0.1, -0.05) is 17.4 Å². The lowest BCUT2D eigenvalue weighted by molar-refractivity contribution is -0.141. The van der Waals surface area contributed by atoms with Crippen molar-refractivity contribution < 1.29 is 23.1 Å². The van der Waals surface area contributed by atoms with Crippen molar-refractivity contribution in [3.8, 4) is 0 Å². The summed E-state index contributed by atoms with van der Waals surface area (Å²) < 4.78 is 40.0. The van der Waals surface area contributed by atoms with Crippen LogP contribution in [0.5, 0.6) is 0 Å². The van der Waals surface area contributed by atoms with Gasteiger partial charge in [-0.25, -0.2) is 18.2 Å². The zero-order valence-corrected chi connectivity index (χ0v) is 12.2. The highest BCUT2D eigenvalue weighted by molar-refractivity contribution is 7.22. The number of fused-ring (bicyclic) bond motifs is 1. The molecule has 0 saturated heterocycles. The zero-order valence-electron chi connectivity index (χ0n) is 11.4. The number of aromatic nitrogens is 1. The number of carbonyl (C=O) groups is 1. The van der Waals surface area contributed by atoms with Crippen LogP contribution >= 0.6 is 11.3 Å². The van der Waals surface area contributed by atoms with Gasteiger partial charge < -0.3 is 10.4 Å². The average Bonchev–Trinajstić information content (AvgIpc) is 2.78. The molecule has 3 rings (SSSR count). The number of alkyl halides is 2. The number of nitrogens with one attached hydrogen (secondary N) is 1. The number of halogens is 3. The SMILES string of the molecule is O=C(O)CC(Nc1nc2cccc(F)c2s1)C1CC(F)(F)C1. The van der Waals surface area contributed by atoms with E-state index in [1.54, 1.807) is 6.07 Å². The number of hydrogen-bond acceptors (Lipinski definition) is 4. The molecule has 1 atom stereocenters. The monoisotopic (exact) mass is 330 g/mol. The van der Waals surface area contributed by atoms with Crippen LogP contribution in [0.2, 0.25) is 0 Å². The van der Waals surface area contributed by atoms with Gasteiger partial charge in [0.15, 0.2) is 5.13 Å². The van der Waals surface area contributed by atoms with Crippen LogP contribution in [-0.2, 0) is 4.79 Å². The van der Waals surface area contributed by atoms with Crippen molar-refractivity contribution in [1.29, 1.82) is 0 Å². The molecule has 1 aliphatic rings. The molecule has 1 aromatic carbocycles. The van der Waals surface area contributed by atoms with E-state index < -0.39 is 29.7 Å². The standard InChI is InChI=1S/C14H13F3N2O2S/c15-8-2-1-3-9-12(8)22-13(18-9)19-10(4-11(20)21)7-5-14(16,17)6-7/h1-3,7,10H,4-6H2,(H,18,19)(H,20,21). The molecule has 2 aromatic rings. The van der Waals surface area contributed by atoms with E-state index >= 15 is 0 Å². The van der Waals surface area contributed by atoms with Crippen LogP contribution in [-0.4, -0.2) is 28.0 Å². The molecule has 1 aliphatic carbocycles. The quantitative estimate of drug-likeness (QED) is 0.877. The lowest BCUT2D eigenvalue weighted by Gasteiger charge is -2.39. The molecule has 1 fully saturated rings. The van der Waals surface area contributed by atoms with Crippen molar-refractivity contribution in [2.45, 2.75) is 31.2 Å². The van der Waals surface area contributed by atoms with Gasteiger partial charge in [-0.2, -0.15) is 0 Å². The Hall–Kier alpha value is -1.83. The van der Waals surface area contributed by atoms with Crippen molar-refractivity contribution in [3.05, 3.63) is 24.0 Å². The second-order valence-electron chi connectivity index (χ2n) is 5.48. The van der Waals surface area contributed by atoms with E-state index in [0.717, 1.165) is 11.3 Å². The largest absolute Gasteiger partial charge is 0.481 e. The Labute approximate surface area is 128 Å². The van der Waals surface area contributed by atoms with Crippen LogP contribution in [0.1, 0.15) is 19.3 Å². The summed E-state index contributed by atoms with van der Waals surface area (Å²) in [5.41, 5.74) is 0.459. The Morgan fingerprint density at radius 3 is 2.82 bits per heavy atom. The minimum Gasteiger partial charge on any atom is -0.481 e. The summed E-state index contributed by atoms with van der Waals surface area (Å²) in [5, 5.41) is 12.2. The van der Waals surface area contributed by atoms with Gasteiger partial charge in [0.25, 0.3) is 0 Å². The summed E-state index contributed by atoms with van der Waals surface area (Å²) in [4.78, 5) is 15.1. The number of anilines is 1. The van der Waals surface area contributed by atoms with E-state index in [9.17, 15) is 18.0 Å². The van der Waals surface area contributed by atoms with E-state index in [1.165, 1.54) is 12.1 Å². The van der Waals surface area contributed by atoms with Gasteiger partial charge in [0, 0.05) is 18.9 Å². The predicted octanol–water partition coefficient (Wildman–Crippen LogP) is 3.74. The molecule has 0 amide bonds. The van der Waals surface area contributed by atoms with Crippen molar-refractivity contribution in [1.82, 2.24) is 4.98 Å². The van der Waals surface area contributed by atoms with Gasteiger partial charge in [0.05, 0.1) is 16.6 Å². The third-order valence-corrected chi connectivity index (χ3v) is 4.77. The number of hydrogen-bond donors (Lipinski definition) is 2. The highest BCUT2D eigenvalue weighted by Crippen LogP contribution is 2.45. The molecule has 1 heterocycles. The van der Waals surface area contributed by atoms with Crippen LogP contribution in [0.4, 0.5) is 18.3 Å². The van der Waals surface area contributed by atoms with Gasteiger partial charge in [-0.15, -0.1) is 0 Å². The highest BCUT2D eigenvalue weighted by Gasteiger charge is 2.49. The van der Waals surface area contributed by atoms with Crippen LogP contribution in [0, 0.1) is 11.7 Å². The van der Waals surface area contributed by atoms with E-state index in [4.69, 9.17) is 5.11 Å². The van der Waals surface area contributed by atoms with Gasteiger partial charge >= 0.3 is 5.97 Å². The minimum absolute atomic E-state index is 0.279. The number of carboxylic acids is 1. The summed E-state index contributed by atoms with van der Waals surface area (Å²) in [5.74, 6) is -4.63. The molecule has 1 saturated carbocycles. The molecule has 0 radical (unpaired) electrons. The van der Waals surface area contributed by atoms with Gasteiger partial charge in [-0.05, 0) is 18.1 Å². The first-order chi connectivity index (χ1) is 10.3. The maximum atomic E-state index is 13.6. The summed E-state index contributed by atoms with van der Waals surface area (Å²) in [6.07, 6.45) is -0.951. The molecule has 4 nitrogen and oxygen atoms in total. The third kappa shape index (κ3) is 3.01. The summed E-state index contributed by atoms with van der Waals surface area (Å²) >= 11 is 1.05. The van der Waals surface area contributed by atoms with Gasteiger partial charge in [0.1, 0.15) is 5.82 Å². The molecular weight excluding hydrogens is 317 g/mol. The summed E-state index contributed by atoms with van der Waals surface area (Å²) in [7, 11) is 0. The van der Waals surface area contributed by atoms with E-state index in [1.807, 2.05) is 0 Å². The van der Waals surface area contributed by atoms with Gasteiger partial charge in [0.2, 0.25) is 5.92 Å². The Kier molecular flexibility index (Phi) is 3.72. The second kappa shape index (κ2) is 5.42. The molecule has 0 spiro atoms. The maximum absolute atomic E-state index is 13.6. The van der Waals surface area contributed by atoms with Crippen LogP contribution in [0.15, 0.2) is 18.2 Å². The van der Waals surface area contributed by atoms with E-state index in [2.05, 4.69) is 10.3 Å². The zero-order chi connectivity index (χ0) is 15.9. The summed E-state index contributed by atoms with van der Waals surface area (Å²) in [6, 6.07) is 3.85. The number of rotatable bonds is 5. The predicted molar refractivity (Wildman–Crippen MR) is 76.9 cm³/mol. The molecule has 1 aromatic heterocycles. The van der Waals surface area contributed by atoms with Crippen molar-refractivity contribution in [2.24, 2.45) is 5.92 Å². The van der Waals surface area contributed by atoms with Crippen molar-refractivity contribution in [3.63, 3.8) is 0 Å². The number of benzene rings is 1. The molecule has 0 bridgehead atoms. The smallest absolute Gasteiger partial charge is 0.305 e. The topological polar surface area (TPSA) is 62.2 Å². The second-order valence-corrected chi connectivity index (χ2v) is 6.48. The van der Waals surface area contributed by atoms with Crippen molar-refractivity contribution >= 4 is 32.7 Å². The Morgan fingerprint density at radius 1 is 1.50 bits per heavy atom. The first-order valence-corrected chi connectivity index (χ1v) is 7.57. The molecule has 22 heavy (non-hydrogen) atoms. The normalized spacial score (nSPS) is 18.9. The van der Waals surface area contributed by atoms with Gasteiger partial charge in [-0.3, -0.25) is 4.79 Å². The fraction of sp³-hybridized carbons (Fsp3) is 0.429. The Balaban J connectivity index is 1.79. The molecule has 8 heteroatoms. The third-order valence-electron chi connectivity index (χ3n) is 3.76. The van der Waals surface area contributed by atoms with Crippen LogP contribution in [0.25, 0.3) is 10.2 Å². The lowest BCUT2D eigenvalue weighted by Crippen LogP contribution is -2.45. The first kappa shape index (κ1) is 15.1. The van der Waals surface area contributed by atoms with Crippen LogP contribution in [0.3, 0.4) is 0 Å². The molecule has 0 aliphatic heterocycles. The molecule has 118 valence electrons. The number of carboxylic acid groups (broad SMARTS) is 1. The Bertz CT molecular complexity index is 711. The Morgan fingerprint density at radius 2 is 2.23 bits per heavy atom. The minimum atomic E-state index is -2.72. The summed E-state index contributed by atoms with van der Waals surface area (Å²) in [6.45, 7) is 0. The first-order valence-electron chi connectivity index (χ1n) is 6.75. The average molecular weight is 330 g/mol. The fourth-order valence-corrected chi connectivity index (χ4v) is 3.58. The number of thiazole rings is 1. The number of aliphatic carboxylic acids is 1.